The van der Waals surface area contributed by atoms with E-state index in [1.165, 1.54) is 32.0 Å². The van der Waals surface area contributed by atoms with Gasteiger partial charge in [0.2, 0.25) is 5.91 Å². The van der Waals surface area contributed by atoms with E-state index in [9.17, 15) is 14.4 Å². The Kier molecular flexibility index (Phi) is 5.10. The van der Waals surface area contributed by atoms with Gasteiger partial charge in [-0.3, -0.25) is 9.59 Å². The number of aliphatic carboxylic acids is 1. The van der Waals surface area contributed by atoms with Crippen molar-refractivity contribution in [1.82, 2.24) is 0 Å². The summed E-state index contributed by atoms with van der Waals surface area (Å²) in [7, 11) is 0. The minimum absolute atomic E-state index is 0.0578. The molecule has 20 heavy (non-hydrogen) atoms. The summed E-state index contributed by atoms with van der Waals surface area (Å²) in [6.07, 6.45) is 0. The summed E-state index contributed by atoms with van der Waals surface area (Å²) in [6.45, 7) is 2.92. The molecule has 0 heterocycles. The van der Waals surface area contributed by atoms with Gasteiger partial charge in [0, 0.05) is 11.6 Å². The number of carbonyl (C=O) groups is 3. The molecule has 108 valence electrons. The molecule has 0 aliphatic rings. The molecular weight excluding hydrogens is 286 g/mol. The Balaban J connectivity index is 2.89. The lowest BCUT2D eigenvalue weighted by molar-refractivity contribution is -0.145. The van der Waals surface area contributed by atoms with Gasteiger partial charge in [0.05, 0.1) is 16.5 Å². The molecule has 0 saturated carbocycles. The number of rotatable bonds is 5. The van der Waals surface area contributed by atoms with E-state index in [1.54, 1.807) is 0 Å². The molecular formula is C13H14ClNO5. The van der Waals surface area contributed by atoms with Crippen molar-refractivity contribution in [3.05, 3.63) is 28.8 Å². The number of benzene rings is 1. The largest absolute Gasteiger partial charge is 0.481 e. The van der Waals surface area contributed by atoms with E-state index in [4.69, 9.17) is 21.8 Å². The zero-order chi connectivity index (χ0) is 15.4. The predicted molar refractivity (Wildman–Crippen MR) is 73.0 cm³/mol. The summed E-state index contributed by atoms with van der Waals surface area (Å²) in [5.41, 5.74) is 0.115. The van der Waals surface area contributed by atoms with E-state index in [2.05, 4.69) is 5.32 Å². The highest BCUT2D eigenvalue weighted by atomic mass is 35.5. The smallest absolute Gasteiger partial charge is 0.337 e. The maximum atomic E-state index is 11.9. The molecule has 0 bridgehead atoms. The number of hydrogen-bond donors (Lipinski definition) is 3. The summed E-state index contributed by atoms with van der Waals surface area (Å²) < 4.78 is 0. The molecule has 0 radical (unpaired) electrons. The SMILES string of the molecule is CC(C(=O)O)C(C)C(=O)Nc1ccc(Cl)c(C(=O)O)c1. The molecule has 0 fully saturated rings. The maximum absolute atomic E-state index is 11.9. The summed E-state index contributed by atoms with van der Waals surface area (Å²) >= 11 is 5.71. The number of amides is 1. The molecule has 2 atom stereocenters. The molecule has 0 aliphatic carbocycles. The first kappa shape index (κ1) is 16.0. The standard InChI is InChI=1S/C13H14ClNO5/c1-6(7(2)12(17)18)11(16)15-8-3-4-10(14)9(5-8)13(19)20/h3-7H,1-2H3,(H,15,16)(H,17,18)(H,19,20). The fourth-order valence-corrected chi connectivity index (χ4v) is 1.66. The summed E-state index contributed by atoms with van der Waals surface area (Å²) in [5, 5.41) is 20.3. The Labute approximate surface area is 120 Å². The second-order valence-corrected chi connectivity index (χ2v) is 4.81. The van der Waals surface area contributed by atoms with Crippen LogP contribution in [-0.2, 0) is 9.59 Å². The van der Waals surface area contributed by atoms with Gasteiger partial charge < -0.3 is 15.5 Å². The van der Waals surface area contributed by atoms with Crippen LogP contribution in [0.25, 0.3) is 0 Å². The molecule has 0 aliphatic heterocycles. The lowest BCUT2D eigenvalue weighted by Gasteiger charge is -2.16. The van der Waals surface area contributed by atoms with Crippen molar-refractivity contribution in [1.29, 1.82) is 0 Å². The second-order valence-electron chi connectivity index (χ2n) is 4.40. The van der Waals surface area contributed by atoms with Gasteiger partial charge in [-0.15, -0.1) is 0 Å². The number of carboxylic acids is 2. The lowest BCUT2D eigenvalue weighted by atomic mass is 9.95. The number of halogens is 1. The molecule has 1 aromatic rings. The Hall–Kier alpha value is -2.08. The third kappa shape index (κ3) is 3.71. The monoisotopic (exact) mass is 299 g/mol. The predicted octanol–water partition coefficient (Wildman–Crippen LogP) is 2.33. The maximum Gasteiger partial charge on any atom is 0.337 e. The van der Waals surface area contributed by atoms with Crippen molar-refractivity contribution >= 4 is 35.1 Å². The van der Waals surface area contributed by atoms with Crippen molar-refractivity contribution in [3.8, 4) is 0 Å². The van der Waals surface area contributed by atoms with E-state index >= 15 is 0 Å². The van der Waals surface area contributed by atoms with Gasteiger partial charge in [0.15, 0.2) is 0 Å². The van der Waals surface area contributed by atoms with Gasteiger partial charge in [-0.05, 0) is 18.2 Å². The van der Waals surface area contributed by atoms with Gasteiger partial charge in [-0.2, -0.15) is 0 Å². The van der Waals surface area contributed by atoms with Crippen LogP contribution < -0.4 is 5.32 Å². The first-order valence-electron chi connectivity index (χ1n) is 5.80. The van der Waals surface area contributed by atoms with Crippen LogP contribution in [0.3, 0.4) is 0 Å². The Morgan fingerprint density at radius 1 is 1.15 bits per heavy atom. The van der Waals surface area contributed by atoms with Crippen LogP contribution in [0.1, 0.15) is 24.2 Å². The second kappa shape index (κ2) is 6.38. The van der Waals surface area contributed by atoms with Gasteiger partial charge in [-0.1, -0.05) is 25.4 Å². The summed E-state index contributed by atoms with van der Waals surface area (Å²) in [6, 6.07) is 4.03. The van der Waals surface area contributed by atoms with Gasteiger partial charge in [0.1, 0.15) is 0 Å². The van der Waals surface area contributed by atoms with E-state index in [1.807, 2.05) is 0 Å². The van der Waals surface area contributed by atoms with Crippen LogP contribution in [0.15, 0.2) is 18.2 Å². The van der Waals surface area contributed by atoms with Crippen molar-refractivity contribution in [2.45, 2.75) is 13.8 Å². The van der Waals surface area contributed by atoms with Crippen LogP contribution in [0.2, 0.25) is 5.02 Å². The molecule has 3 N–H and O–H groups in total. The first-order valence-corrected chi connectivity index (χ1v) is 6.18. The minimum atomic E-state index is -1.21. The topological polar surface area (TPSA) is 104 Å². The fraction of sp³-hybridized carbons (Fsp3) is 0.308. The molecule has 1 amide bonds. The average molecular weight is 300 g/mol. The first-order chi connectivity index (χ1) is 9.23. The molecule has 0 spiro atoms. The third-order valence-electron chi connectivity index (χ3n) is 3.02. The summed E-state index contributed by atoms with van der Waals surface area (Å²) in [4.78, 5) is 33.6. The average Bonchev–Trinajstić information content (AvgIpc) is 2.38. The Morgan fingerprint density at radius 3 is 2.25 bits per heavy atom. The molecule has 0 saturated heterocycles. The van der Waals surface area contributed by atoms with Gasteiger partial charge in [-0.25, -0.2) is 4.79 Å². The van der Waals surface area contributed by atoms with Crippen molar-refractivity contribution < 1.29 is 24.6 Å². The minimum Gasteiger partial charge on any atom is -0.481 e. The van der Waals surface area contributed by atoms with Crippen LogP contribution in [0.5, 0.6) is 0 Å². The Morgan fingerprint density at radius 2 is 1.75 bits per heavy atom. The van der Waals surface area contributed by atoms with Crippen LogP contribution in [-0.4, -0.2) is 28.1 Å². The summed E-state index contributed by atoms with van der Waals surface area (Å²) in [5.74, 6) is -4.38. The van der Waals surface area contributed by atoms with Crippen molar-refractivity contribution in [3.63, 3.8) is 0 Å². The highest BCUT2D eigenvalue weighted by Crippen LogP contribution is 2.22. The Bertz CT molecular complexity index is 558. The number of carbonyl (C=O) groups excluding carboxylic acids is 1. The van der Waals surface area contributed by atoms with E-state index < -0.39 is 29.7 Å². The number of aromatic carboxylic acids is 1. The van der Waals surface area contributed by atoms with Crippen LogP contribution in [0, 0.1) is 11.8 Å². The highest BCUT2D eigenvalue weighted by molar-refractivity contribution is 6.33. The number of hydrogen-bond acceptors (Lipinski definition) is 3. The molecule has 6 nitrogen and oxygen atoms in total. The molecule has 1 rings (SSSR count). The highest BCUT2D eigenvalue weighted by Gasteiger charge is 2.26. The number of anilines is 1. The van der Waals surface area contributed by atoms with Crippen molar-refractivity contribution in [2.24, 2.45) is 11.8 Å². The molecule has 7 heteroatoms. The van der Waals surface area contributed by atoms with Gasteiger partial charge >= 0.3 is 11.9 Å². The zero-order valence-electron chi connectivity index (χ0n) is 10.9. The fourth-order valence-electron chi connectivity index (χ4n) is 1.46. The molecule has 0 aromatic heterocycles. The number of nitrogens with one attached hydrogen (secondary N) is 1. The van der Waals surface area contributed by atoms with Crippen LogP contribution in [0.4, 0.5) is 5.69 Å². The van der Waals surface area contributed by atoms with Crippen LogP contribution >= 0.6 is 11.6 Å². The third-order valence-corrected chi connectivity index (χ3v) is 3.35. The molecule has 2 unspecified atom stereocenters. The van der Waals surface area contributed by atoms with E-state index in [0.717, 1.165) is 0 Å². The molecule has 1 aromatic carbocycles. The van der Waals surface area contributed by atoms with E-state index in [0.29, 0.717) is 0 Å². The van der Waals surface area contributed by atoms with Gasteiger partial charge in [0.25, 0.3) is 0 Å². The normalized spacial score (nSPS) is 13.3. The lowest BCUT2D eigenvalue weighted by Crippen LogP contribution is -2.30. The van der Waals surface area contributed by atoms with E-state index in [-0.39, 0.29) is 16.3 Å². The quantitative estimate of drug-likeness (QED) is 0.774. The van der Waals surface area contributed by atoms with Crippen molar-refractivity contribution in [2.75, 3.05) is 5.32 Å². The number of carboxylic acid groups (broad SMARTS) is 2. The zero-order valence-corrected chi connectivity index (χ0v) is 11.6.